The van der Waals surface area contributed by atoms with E-state index in [2.05, 4.69) is 31.3 Å². The summed E-state index contributed by atoms with van der Waals surface area (Å²) in [5.41, 5.74) is 3.49. The molecule has 0 saturated heterocycles. The monoisotopic (exact) mass is 476 g/mol. The fraction of sp³-hybridized carbons (Fsp3) is 0.630. The SMILES string of the molecule is C=C(C1CCC(C#[N+]C(=O)OC(C)(C)C)CC1)[C@@H](C)C(C)c1cc(Cl)cc(C(O)OC)c1C. The Kier molecular flexibility index (Phi) is 9.55. The second-order valence-corrected chi connectivity index (χ2v) is 10.7. The highest BCUT2D eigenvalue weighted by Gasteiger charge is 2.31. The normalized spacial score (nSPS) is 21.4. The van der Waals surface area contributed by atoms with Crippen LogP contribution in [-0.2, 0) is 9.47 Å². The Balaban J connectivity index is 2.03. The van der Waals surface area contributed by atoms with Crippen molar-refractivity contribution >= 4 is 17.7 Å². The van der Waals surface area contributed by atoms with E-state index in [9.17, 15) is 9.90 Å². The zero-order valence-electron chi connectivity index (χ0n) is 21.1. The zero-order chi connectivity index (χ0) is 24.9. The minimum atomic E-state index is -0.998. The predicted octanol–water partition coefficient (Wildman–Crippen LogP) is 7.66. The van der Waals surface area contributed by atoms with Crippen LogP contribution in [0.5, 0.6) is 0 Å². The molecule has 0 aliphatic heterocycles. The van der Waals surface area contributed by atoms with Gasteiger partial charge in [0.15, 0.2) is 6.29 Å². The molecule has 1 amide bonds. The van der Waals surface area contributed by atoms with Crippen molar-refractivity contribution in [3.8, 4) is 6.07 Å². The van der Waals surface area contributed by atoms with Crippen molar-refractivity contribution in [1.29, 1.82) is 0 Å². The molecule has 1 fully saturated rings. The first kappa shape index (κ1) is 27.4. The summed E-state index contributed by atoms with van der Waals surface area (Å²) in [5, 5.41) is 10.8. The molecule has 1 aliphatic rings. The number of halogens is 1. The number of benzene rings is 1. The van der Waals surface area contributed by atoms with E-state index in [1.165, 1.54) is 12.7 Å². The molecule has 0 spiro atoms. The second kappa shape index (κ2) is 11.5. The first-order valence-corrected chi connectivity index (χ1v) is 12.1. The van der Waals surface area contributed by atoms with Crippen LogP contribution < -0.4 is 0 Å². The number of methoxy groups -OCH3 is 1. The Morgan fingerprint density at radius 3 is 2.33 bits per heavy atom. The Morgan fingerprint density at radius 2 is 1.79 bits per heavy atom. The summed E-state index contributed by atoms with van der Waals surface area (Å²) in [4.78, 5) is 15.7. The number of aliphatic hydroxyl groups is 1. The highest BCUT2D eigenvalue weighted by atomic mass is 35.5. The van der Waals surface area contributed by atoms with Gasteiger partial charge in [-0.15, -0.1) is 0 Å². The lowest BCUT2D eigenvalue weighted by molar-refractivity contribution is -0.0773. The van der Waals surface area contributed by atoms with Gasteiger partial charge in [-0.1, -0.05) is 37.6 Å². The molecule has 2 unspecified atom stereocenters. The zero-order valence-corrected chi connectivity index (χ0v) is 21.8. The van der Waals surface area contributed by atoms with Crippen molar-refractivity contribution in [2.24, 2.45) is 17.8 Å². The molecule has 0 heterocycles. The number of ether oxygens (including phenoxy) is 2. The van der Waals surface area contributed by atoms with Crippen molar-refractivity contribution in [1.82, 2.24) is 0 Å². The maximum atomic E-state index is 11.8. The molecule has 6 heteroatoms. The number of hydrogen-bond acceptors (Lipinski definition) is 4. The summed E-state index contributed by atoms with van der Waals surface area (Å²) in [6, 6.07) is 6.73. The van der Waals surface area contributed by atoms with Gasteiger partial charge in [0.05, 0.1) is 10.8 Å². The number of amides is 1. The summed E-state index contributed by atoms with van der Waals surface area (Å²) in [6.07, 6.45) is 2.28. The Hall–Kier alpha value is -1.87. The molecule has 2 rings (SSSR count). The van der Waals surface area contributed by atoms with Crippen LogP contribution >= 0.6 is 11.6 Å². The molecule has 182 valence electrons. The van der Waals surface area contributed by atoms with Gasteiger partial charge in [-0.2, -0.15) is 4.79 Å². The smallest absolute Gasteiger partial charge is 0.392 e. The van der Waals surface area contributed by atoms with Gasteiger partial charge in [0.25, 0.3) is 6.07 Å². The molecule has 0 bridgehead atoms. The van der Waals surface area contributed by atoms with Crippen molar-refractivity contribution in [2.75, 3.05) is 7.11 Å². The van der Waals surface area contributed by atoms with Crippen molar-refractivity contribution < 1.29 is 19.4 Å². The van der Waals surface area contributed by atoms with Crippen LogP contribution in [0.2, 0.25) is 5.02 Å². The summed E-state index contributed by atoms with van der Waals surface area (Å²) in [7, 11) is 1.48. The van der Waals surface area contributed by atoms with Crippen LogP contribution in [0.15, 0.2) is 24.3 Å². The van der Waals surface area contributed by atoms with Gasteiger partial charge in [-0.25, -0.2) is 0 Å². The molecule has 1 saturated carbocycles. The summed E-state index contributed by atoms with van der Waals surface area (Å²) < 4.78 is 10.3. The van der Waals surface area contributed by atoms with Crippen LogP contribution in [0, 0.1) is 30.7 Å². The van der Waals surface area contributed by atoms with E-state index < -0.39 is 18.0 Å². The fourth-order valence-electron chi connectivity index (χ4n) is 4.56. The average Bonchev–Trinajstić information content (AvgIpc) is 2.76. The third-order valence-corrected chi connectivity index (χ3v) is 6.97. The summed E-state index contributed by atoms with van der Waals surface area (Å²) in [5.74, 6) is 1.03. The van der Waals surface area contributed by atoms with E-state index >= 15 is 0 Å². The van der Waals surface area contributed by atoms with Crippen LogP contribution in [-0.4, -0.2) is 23.9 Å². The minimum Gasteiger partial charge on any atom is -0.392 e. The number of rotatable bonds is 6. The summed E-state index contributed by atoms with van der Waals surface area (Å²) >= 11 is 6.37. The van der Waals surface area contributed by atoms with E-state index in [-0.39, 0.29) is 17.8 Å². The lowest BCUT2D eigenvalue weighted by Crippen LogP contribution is -2.22. The largest absolute Gasteiger partial charge is 0.728 e. The molecule has 33 heavy (non-hydrogen) atoms. The molecule has 1 N–H and O–H groups in total. The van der Waals surface area contributed by atoms with Crippen molar-refractivity contribution in [3.63, 3.8) is 0 Å². The van der Waals surface area contributed by atoms with Gasteiger partial charge in [0.1, 0.15) is 5.60 Å². The molecule has 1 aromatic rings. The second-order valence-electron chi connectivity index (χ2n) is 10.2. The third-order valence-electron chi connectivity index (χ3n) is 6.75. The first-order valence-electron chi connectivity index (χ1n) is 11.7. The first-order chi connectivity index (χ1) is 15.3. The minimum absolute atomic E-state index is 0.169. The molecule has 0 aromatic heterocycles. The van der Waals surface area contributed by atoms with Gasteiger partial charge >= 0.3 is 6.09 Å². The Labute approximate surface area is 203 Å². The van der Waals surface area contributed by atoms with E-state index in [1.54, 1.807) is 6.07 Å². The average molecular weight is 477 g/mol. The third kappa shape index (κ3) is 7.57. The highest BCUT2D eigenvalue weighted by molar-refractivity contribution is 6.30. The van der Waals surface area contributed by atoms with E-state index in [1.807, 2.05) is 33.8 Å². The van der Waals surface area contributed by atoms with Crippen molar-refractivity contribution in [2.45, 2.75) is 85.0 Å². The van der Waals surface area contributed by atoms with Gasteiger partial charge in [-0.3, -0.25) is 0 Å². The van der Waals surface area contributed by atoms with E-state index in [0.717, 1.165) is 36.8 Å². The molecule has 3 atom stereocenters. The quantitative estimate of drug-likeness (QED) is 0.338. The topological polar surface area (TPSA) is 60.1 Å². The molecule has 1 aliphatic carbocycles. The maximum absolute atomic E-state index is 11.8. The Morgan fingerprint density at radius 1 is 1.21 bits per heavy atom. The lowest BCUT2D eigenvalue weighted by atomic mass is 9.72. The molecular weight excluding hydrogens is 438 g/mol. The van der Waals surface area contributed by atoms with Crippen molar-refractivity contribution in [3.05, 3.63) is 50.8 Å². The molecule has 0 radical (unpaired) electrons. The Bertz CT molecular complexity index is 917. The lowest BCUT2D eigenvalue weighted by Gasteiger charge is -2.32. The molecule has 5 nitrogen and oxygen atoms in total. The van der Waals surface area contributed by atoms with Crippen LogP contribution in [0.25, 0.3) is 4.85 Å². The number of hydrogen-bond donors (Lipinski definition) is 1. The number of aliphatic hydroxyl groups excluding tert-OH is 1. The molecule has 1 aromatic carbocycles. The maximum Gasteiger partial charge on any atom is 0.728 e. The van der Waals surface area contributed by atoms with E-state index in [4.69, 9.17) is 21.1 Å². The van der Waals surface area contributed by atoms with Crippen LogP contribution in [0.1, 0.15) is 89.2 Å². The van der Waals surface area contributed by atoms with Crippen LogP contribution in [0.3, 0.4) is 0 Å². The van der Waals surface area contributed by atoms with Gasteiger partial charge in [0, 0.05) is 17.7 Å². The van der Waals surface area contributed by atoms with Gasteiger partial charge in [0.2, 0.25) is 0 Å². The number of allylic oxidation sites excluding steroid dienone is 1. The molecular formula is C27H39ClNO4+. The van der Waals surface area contributed by atoms with E-state index in [0.29, 0.717) is 16.5 Å². The van der Waals surface area contributed by atoms with Gasteiger partial charge in [-0.05, 0) is 94.4 Å². The fourth-order valence-corrected chi connectivity index (χ4v) is 4.80. The number of carbonyl (C=O) groups is 1. The van der Waals surface area contributed by atoms with Crippen LogP contribution in [0.4, 0.5) is 4.79 Å². The predicted molar refractivity (Wildman–Crippen MR) is 134 cm³/mol. The standard InChI is InChI=1S/C27H39ClNO4/c1-16(18(3)23-13-22(28)14-24(19(23)4)25(30)32-8)17(2)21-11-9-20(10-12-21)15-29-26(31)33-27(5,6)7/h13-14,16,18,20-21,25,30H,2,9-12H2,1,3-8H3/q+1/t16-,18?,20?,21?,25?/m1/s1. The number of carbonyl (C=O) groups excluding carboxylic acids is 1. The number of nitrogens with zero attached hydrogens (tertiary/aromatic N) is 1. The highest BCUT2D eigenvalue weighted by Crippen LogP contribution is 2.41. The van der Waals surface area contributed by atoms with Gasteiger partial charge < -0.3 is 14.6 Å². The summed E-state index contributed by atoms with van der Waals surface area (Å²) in [6.45, 7) is 16.3.